The highest BCUT2D eigenvalue weighted by molar-refractivity contribution is 5.97. The van der Waals surface area contributed by atoms with Crippen LogP contribution in [0.5, 0.6) is 0 Å². The smallest absolute Gasteiger partial charge is 0.150 e. The summed E-state index contributed by atoms with van der Waals surface area (Å²) in [4.78, 5) is 0. The Bertz CT molecular complexity index is 729. The number of fused-ring (bicyclic) bond motifs is 3. The van der Waals surface area contributed by atoms with Gasteiger partial charge in [0, 0.05) is 23.3 Å². The van der Waals surface area contributed by atoms with Crippen LogP contribution in [-0.2, 0) is 0 Å². The lowest BCUT2D eigenvalue weighted by Gasteiger charge is -2.29. The number of quaternary nitrogens is 1. The second-order valence-corrected chi connectivity index (χ2v) is 5.38. The van der Waals surface area contributed by atoms with Gasteiger partial charge in [-0.3, -0.25) is 0 Å². The average molecular weight is 258 g/mol. The third-order valence-corrected chi connectivity index (χ3v) is 4.33. The lowest BCUT2D eigenvalue weighted by molar-refractivity contribution is 0.642. The lowest BCUT2D eigenvalue weighted by Crippen LogP contribution is -2.31. The van der Waals surface area contributed by atoms with Crippen LogP contribution in [0.15, 0.2) is 78.9 Å². The molecule has 0 saturated carbocycles. The molecule has 4 rings (SSSR count). The van der Waals surface area contributed by atoms with Gasteiger partial charge in [0.25, 0.3) is 0 Å². The van der Waals surface area contributed by atoms with Crippen LogP contribution >= 0.6 is 0 Å². The second kappa shape index (κ2) is 4.06. The van der Waals surface area contributed by atoms with Gasteiger partial charge in [0.15, 0.2) is 11.4 Å². The molecular formula is C19H16N+. The van der Waals surface area contributed by atoms with E-state index in [0.717, 1.165) is 4.48 Å². The minimum absolute atomic E-state index is 0.743. The summed E-state index contributed by atoms with van der Waals surface area (Å²) < 4.78 is 0.743. The zero-order valence-corrected chi connectivity index (χ0v) is 11.5. The summed E-state index contributed by atoms with van der Waals surface area (Å²) in [6.45, 7) is 0. The van der Waals surface area contributed by atoms with E-state index in [1.54, 1.807) is 0 Å². The van der Waals surface area contributed by atoms with Gasteiger partial charge in [-0.15, -0.1) is 0 Å². The van der Waals surface area contributed by atoms with E-state index in [4.69, 9.17) is 0 Å². The number of rotatable bonds is 1. The SMILES string of the molecule is C[N+]1(c2ccccc2)c2ccccc2-c2ccccc21. The van der Waals surface area contributed by atoms with Crippen LogP contribution in [0.1, 0.15) is 0 Å². The monoisotopic (exact) mass is 258 g/mol. The Morgan fingerprint density at radius 3 is 1.55 bits per heavy atom. The maximum Gasteiger partial charge on any atom is 0.150 e. The Morgan fingerprint density at radius 2 is 1.00 bits per heavy atom. The highest BCUT2D eigenvalue weighted by atomic mass is 15.4. The van der Waals surface area contributed by atoms with E-state index in [0.29, 0.717) is 0 Å². The van der Waals surface area contributed by atoms with Crippen LogP contribution in [0, 0.1) is 0 Å². The fourth-order valence-corrected chi connectivity index (χ4v) is 3.32. The molecular weight excluding hydrogens is 242 g/mol. The fraction of sp³-hybridized carbons (Fsp3) is 0.0526. The van der Waals surface area contributed by atoms with Gasteiger partial charge in [0.1, 0.15) is 5.69 Å². The second-order valence-electron chi connectivity index (χ2n) is 5.38. The molecule has 0 aromatic heterocycles. The number of hydrogen-bond donors (Lipinski definition) is 0. The van der Waals surface area contributed by atoms with Gasteiger partial charge in [-0.25, -0.2) is 4.48 Å². The maximum atomic E-state index is 2.28. The first-order valence-corrected chi connectivity index (χ1v) is 6.93. The van der Waals surface area contributed by atoms with E-state index in [-0.39, 0.29) is 0 Å². The maximum absolute atomic E-state index is 2.28. The first-order chi connectivity index (χ1) is 9.82. The van der Waals surface area contributed by atoms with Gasteiger partial charge >= 0.3 is 0 Å². The van der Waals surface area contributed by atoms with Gasteiger partial charge in [-0.05, 0) is 24.3 Å². The van der Waals surface area contributed by atoms with E-state index in [9.17, 15) is 0 Å². The van der Waals surface area contributed by atoms with E-state index in [1.165, 1.54) is 28.2 Å². The van der Waals surface area contributed by atoms with Gasteiger partial charge in [0.05, 0.1) is 7.05 Å². The summed E-state index contributed by atoms with van der Waals surface area (Å²) in [5.74, 6) is 0. The van der Waals surface area contributed by atoms with Crippen molar-refractivity contribution in [2.45, 2.75) is 0 Å². The minimum atomic E-state index is 0.743. The fourth-order valence-electron chi connectivity index (χ4n) is 3.32. The Labute approximate surface area is 119 Å². The molecule has 20 heavy (non-hydrogen) atoms. The number of nitrogens with zero attached hydrogens (tertiary/aromatic N) is 1. The molecule has 0 N–H and O–H groups in total. The normalized spacial score (nSPS) is 14.7. The van der Waals surface area contributed by atoms with E-state index >= 15 is 0 Å². The molecule has 1 aliphatic rings. The quantitative estimate of drug-likeness (QED) is 0.522. The first kappa shape index (κ1) is 11.4. The first-order valence-electron chi connectivity index (χ1n) is 6.93. The Morgan fingerprint density at radius 1 is 0.550 bits per heavy atom. The summed E-state index contributed by atoms with van der Waals surface area (Å²) in [6, 6.07) is 28.1. The van der Waals surface area contributed by atoms with Gasteiger partial charge in [-0.2, -0.15) is 0 Å². The molecule has 3 aromatic carbocycles. The van der Waals surface area contributed by atoms with E-state index in [2.05, 4.69) is 85.9 Å². The zero-order chi connectivity index (χ0) is 13.6. The Balaban J connectivity index is 2.10. The van der Waals surface area contributed by atoms with Crippen molar-refractivity contribution < 1.29 is 0 Å². The molecule has 1 heteroatoms. The van der Waals surface area contributed by atoms with Crippen molar-refractivity contribution >= 4 is 17.1 Å². The molecule has 1 nitrogen and oxygen atoms in total. The van der Waals surface area contributed by atoms with Crippen molar-refractivity contribution in [3.63, 3.8) is 0 Å². The molecule has 0 radical (unpaired) electrons. The number of benzene rings is 3. The summed E-state index contributed by atoms with van der Waals surface area (Å²) >= 11 is 0. The van der Waals surface area contributed by atoms with Crippen molar-refractivity contribution in [1.29, 1.82) is 0 Å². The van der Waals surface area contributed by atoms with Crippen LogP contribution in [0.2, 0.25) is 0 Å². The molecule has 1 heterocycles. The van der Waals surface area contributed by atoms with Crippen LogP contribution in [0.3, 0.4) is 0 Å². The highest BCUT2D eigenvalue weighted by Gasteiger charge is 2.41. The third-order valence-electron chi connectivity index (χ3n) is 4.33. The van der Waals surface area contributed by atoms with Crippen LogP contribution in [-0.4, -0.2) is 7.05 Å². The van der Waals surface area contributed by atoms with Crippen LogP contribution in [0.4, 0.5) is 17.1 Å². The van der Waals surface area contributed by atoms with Gasteiger partial charge in [0.2, 0.25) is 0 Å². The predicted molar refractivity (Wildman–Crippen MR) is 85.4 cm³/mol. The molecule has 96 valence electrons. The van der Waals surface area contributed by atoms with Crippen molar-refractivity contribution in [1.82, 2.24) is 4.48 Å². The van der Waals surface area contributed by atoms with Crippen molar-refractivity contribution in [3.8, 4) is 11.1 Å². The molecule has 0 fully saturated rings. The average Bonchev–Trinajstić information content (AvgIpc) is 2.80. The molecule has 0 unspecified atom stereocenters. The molecule has 0 spiro atoms. The minimum Gasteiger partial charge on any atom is -0.228 e. The Kier molecular flexibility index (Phi) is 2.32. The molecule has 0 aliphatic carbocycles. The molecule has 0 atom stereocenters. The molecule has 3 aromatic rings. The molecule has 0 bridgehead atoms. The summed E-state index contributed by atoms with van der Waals surface area (Å²) in [5, 5.41) is 0. The van der Waals surface area contributed by atoms with E-state index < -0.39 is 0 Å². The largest absolute Gasteiger partial charge is 0.228 e. The van der Waals surface area contributed by atoms with Crippen molar-refractivity contribution in [3.05, 3.63) is 78.9 Å². The molecule has 0 saturated heterocycles. The number of para-hydroxylation sites is 3. The highest BCUT2D eigenvalue weighted by Crippen LogP contribution is 2.55. The predicted octanol–water partition coefficient (Wildman–Crippen LogP) is 5.27. The zero-order valence-electron chi connectivity index (χ0n) is 11.5. The summed E-state index contributed by atoms with van der Waals surface area (Å²) in [6.07, 6.45) is 0. The third kappa shape index (κ3) is 1.36. The van der Waals surface area contributed by atoms with Crippen molar-refractivity contribution in [2.75, 3.05) is 7.05 Å². The standard InChI is InChI=1S/C19H16N/c1-20(15-9-3-2-4-10-15)18-13-7-5-11-16(18)17-12-6-8-14-19(17)20/h2-14H,1H3/q+1. The van der Waals surface area contributed by atoms with Gasteiger partial charge in [-0.1, -0.05) is 42.5 Å². The van der Waals surface area contributed by atoms with Crippen molar-refractivity contribution in [2.24, 2.45) is 0 Å². The number of hydrogen-bond acceptors (Lipinski definition) is 0. The van der Waals surface area contributed by atoms with Gasteiger partial charge < -0.3 is 0 Å². The summed E-state index contributed by atoms with van der Waals surface area (Å²) in [5.41, 5.74) is 6.67. The lowest BCUT2D eigenvalue weighted by atomic mass is 10.1. The van der Waals surface area contributed by atoms with E-state index in [1.807, 2.05) is 0 Å². The Hall–Kier alpha value is -2.38. The van der Waals surface area contributed by atoms with Crippen LogP contribution < -0.4 is 4.48 Å². The summed E-state index contributed by atoms with van der Waals surface area (Å²) in [7, 11) is 2.28. The van der Waals surface area contributed by atoms with Crippen LogP contribution in [0.25, 0.3) is 11.1 Å². The topological polar surface area (TPSA) is 0 Å². The molecule has 0 amide bonds. The molecule has 1 aliphatic heterocycles.